The van der Waals surface area contributed by atoms with Gasteiger partial charge in [-0.05, 0) is 57.1 Å². The van der Waals surface area contributed by atoms with Gasteiger partial charge in [0.05, 0.1) is 17.9 Å². The lowest BCUT2D eigenvalue weighted by molar-refractivity contribution is 0.0638. The molecule has 2 fully saturated rings. The lowest BCUT2D eigenvalue weighted by Crippen LogP contribution is -2.45. The third-order valence-electron chi connectivity index (χ3n) is 5.60. The number of hydrogen-bond acceptors (Lipinski definition) is 4. The molecule has 24 heavy (non-hydrogen) atoms. The van der Waals surface area contributed by atoms with Gasteiger partial charge in [0.1, 0.15) is 6.26 Å². The van der Waals surface area contributed by atoms with Crippen LogP contribution in [0, 0.1) is 5.92 Å². The van der Waals surface area contributed by atoms with Crippen LogP contribution in [0.2, 0.25) is 0 Å². The summed E-state index contributed by atoms with van der Waals surface area (Å²) in [5, 5.41) is 13.6. The standard InChI is InChI=1S/C19H30N2O3/c22-18-6-2-1-4-15(18)5-3-10-20-17-7-11-21(12-8-17)19(23)16-9-13-24-14-16/h9,13-15,17-18,20,22H,1-8,10-12H2. The summed E-state index contributed by atoms with van der Waals surface area (Å²) in [6.45, 7) is 2.63. The maximum Gasteiger partial charge on any atom is 0.257 e. The third kappa shape index (κ3) is 4.61. The Kier molecular flexibility index (Phi) is 6.32. The van der Waals surface area contributed by atoms with Crippen LogP contribution in [0.1, 0.15) is 61.7 Å². The van der Waals surface area contributed by atoms with Crippen molar-refractivity contribution in [3.05, 3.63) is 24.2 Å². The van der Waals surface area contributed by atoms with Crippen molar-refractivity contribution in [1.82, 2.24) is 10.2 Å². The average Bonchev–Trinajstić information content (AvgIpc) is 3.15. The number of furan rings is 1. The van der Waals surface area contributed by atoms with Crippen LogP contribution in [-0.4, -0.2) is 47.7 Å². The number of nitrogens with zero attached hydrogens (tertiary/aromatic N) is 1. The molecule has 1 saturated carbocycles. The van der Waals surface area contributed by atoms with Gasteiger partial charge in [0.15, 0.2) is 0 Å². The minimum atomic E-state index is -0.0732. The van der Waals surface area contributed by atoms with E-state index in [1.165, 1.54) is 25.5 Å². The molecule has 5 heteroatoms. The largest absolute Gasteiger partial charge is 0.472 e. The van der Waals surface area contributed by atoms with Gasteiger partial charge >= 0.3 is 0 Å². The number of amides is 1. The number of hydrogen-bond donors (Lipinski definition) is 2. The molecule has 2 aliphatic rings. The van der Waals surface area contributed by atoms with E-state index in [0.717, 1.165) is 51.7 Å². The summed E-state index contributed by atoms with van der Waals surface area (Å²) in [7, 11) is 0. The van der Waals surface area contributed by atoms with E-state index in [0.29, 0.717) is 17.5 Å². The molecule has 0 spiro atoms. The van der Waals surface area contributed by atoms with Gasteiger partial charge in [-0.1, -0.05) is 12.8 Å². The van der Waals surface area contributed by atoms with Crippen molar-refractivity contribution in [3.63, 3.8) is 0 Å². The number of piperidine rings is 1. The molecular weight excluding hydrogens is 304 g/mol. The molecule has 3 rings (SSSR count). The molecule has 1 aromatic rings. The van der Waals surface area contributed by atoms with Crippen molar-refractivity contribution in [2.75, 3.05) is 19.6 Å². The maximum atomic E-state index is 12.3. The van der Waals surface area contributed by atoms with E-state index in [9.17, 15) is 9.90 Å². The molecule has 5 nitrogen and oxygen atoms in total. The molecule has 2 atom stereocenters. The van der Waals surface area contributed by atoms with Crippen molar-refractivity contribution in [2.24, 2.45) is 5.92 Å². The van der Waals surface area contributed by atoms with E-state index in [1.54, 1.807) is 12.3 Å². The number of aliphatic hydroxyl groups excluding tert-OH is 1. The summed E-state index contributed by atoms with van der Waals surface area (Å²) >= 11 is 0. The van der Waals surface area contributed by atoms with Crippen LogP contribution >= 0.6 is 0 Å². The third-order valence-corrected chi connectivity index (χ3v) is 5.60. The van der Waals surface area contributed by atoms with Gasteiger partial charge in [0.25, 0.3) is 5.91 Å². The second-order valence-electron chi connectivity index (χ2n) is 7.29. The summed E-state index contributed by atoms with van der Waals surface area (Å²) in [4.78, 5) is 14.2. The van der Waals surface area contributed by atoms with Gasteiger partial charge in [0, 0.05) is 19.1 Å². The minimum absolute atomic E-state index is 0.0732. The van der Waals surface area contributed by atoms with Crippen LogP contribution in [0.5, 0.6) is 0 Å². The Balaban J connectivity index is 1.30. The summed E-state index contributed by atoms with van der Waals surface area (Å²) in [6.07, 6.45) is 11.9. The first-order valence-corrected chi connectivity index (χ1v) is 9.47. The average molecular weight is 334 g/mol. The number of carbonyl (C=O) groups excluding carboxylic acids is 1. The van der Waals surface area contributed by atoms with Crippen molar-refractivity contribution in [3.8, 4) is 0 Å². The highest BCUT2D eigenvalue weighted by Gasteiger charge is 2.25. The fourth-order valence-corrected chi connectivity index (χ4v) is 4.05. The molecule has 2 unspecified atom stereocenters. The number of aliphatic hydroxyl groups is 1. The van der Waals surface area contributed by atoms with Crippen LogP contribution < -0.4 is 5.32 Å². The Bertz CT molecular complexity index is 495. The maximum absolute atomic E-state index is 12.3. The topological polar surface area (TPSA) is 65.7 Å². The molecule has 1 aliphatic heterocycles. The van der Waals surface area contributed by atoms with Crippen molar-refractivity contribution >= 4 is 5.91 Å². The smallest absolute Gasteiger partial charge is 0.257 e. The van der Waals surface area contributed by atoms with Gasteiger partial charge in [-0.15, -0.1) is 0 Å². The van der Waals surface area contributed by atoms with Crippen LogP contribution in [0.25, 0.3) is 0 Å². The van der Waals surface area contributed by atoms with Crippen LogP contribution in [0.3, 0.4) is 0 Å². The fourth-order valence-electron chi connectivity index (χ4n) is 4.05. The molecule has 2 heterocycles. The lowest BCUT2D eigenvalue weighted by atomic mass is 9.83. The molecule has 0 bridgehead atoms. The van der Waals surface area contributed by atoms with Crippen molar-refractivity contribution in [2.45, 2.75) is 63.5 Å². The van der Waals surface area contributed by atoms with Crippen molar-refractivity contribution in [1.29, 1.82) is 0 Å². The Morgan fingerprint density at radius 1 is 1.25 bits per heavy atom. The first-order valence-electron chi connectivity index (χ1n) is 9.47. The molecule has 134 valence electrons. The molecule has 1 aromatic heterocycles. The van der Waals surface area contributed by atoms with E-state index in [-0.39, 0.29) is 12.0 Å². The van der Waals surface area contributed by atoms with Crippen LogP contribution in [0.15, 0.2) is 23.0 Å². The van der Waals surface area contributed by atoms with Gasteiger partial charge in [-0.3, -0.25) is 4.79 Å². The molecule has 0 aromatic carbocycles. The van der Waals surface area contributed by atoms with Gasteiger partial charge in [0.2, 0.25) is 0 Å². The quantitative estimate of drug-likeness (QED) is 0.785. The van der Waals surface area contributed by atoms with Crippen molar-refractivity contribution < 1.29 is 14.3 Å². The molecular formula is C19H30N2O3. The lowest BCUT2D eigenvalue weighted by Gasteiger charge is -2.32. The predicted octanol–water partition coefficient (Wildman–Crippen LogP) is 2.81. The normalized spacial score (nSPS) is 25.8. The highest BCUT2D eigenvalue weighted by Crippen LogP contribution is 2.27. The fraction of sp³-hybridized carbons (Fsp3) is 0.737. The van der Waals surface area contributed by atoms with E-state index >= 15 is 0 Å². The zero-order valence-corrected chi connectivity index (χ0v) is 14.5. The summed E-state index contributed by atoms with van der Waals surface area (Å²) < 4.78 is 4.99. The van der Waals surface area contributed by atoms with Crippen LogP contribution in [-0.2, 0) is 0 Å². The first kappa shape index (κ1) is 17.5. The second kappa shape index (κ2) is 8.67. The Morgan fingerprint density at radius 3 is 2.75 bits per heavy atom. The zero-order chi connectivity index (χ0) is 16.8. The van der Waals surface area contributed by atoms with E-state index in [4.69, 9.17) is 4.42 Å². The van der Waals surface area contributed by atoms with Gasteiger partial charge in [-0.2, -0.15) is 0 Å². The molecule has 0 radical (unpaired) electrons. The summed E-state index contributed by atoms with van der Waals surface area (Å²) in [6, 6.07) is 2.24. The predicted molar refractivity (Wildman–Crippen MR) is 92.8 cm³/mol. The monoisotopic (exact) mass is 334 g/mol. The van der Waals surface area contributed by atoms with Gasteiger partial charge in [-0.25, -0.2) is 0 Å². The Labute approximate surface area is 144 Å². The second-order valence-corrected chi connectivity index (χ2v) is 7.29. The molecule has 1 amide bonds. The number of carbonyl (C=O) groups is 1. The number of nitrogens with one attached hydrogen (secondary N) is 1. The van der Waals surface area contributed by atoms with Gasteiger partial charge < -0.3 is 19.7 Å². The molecule has 1 aliphatic carbocycles. The molecule has 2 N–H and O–H groups in total. The Morgan fingerprint density at radius 2 is 2.04 bits per heavy atom. The first-order chi connectivity index (χ1) is 11.7. The van der Waals surface area contributed by atoms with E-state index in [1.807, 2.05) is 4.90 Å². The highest BCUT2D eigenvalue weighted by atomic mass is 16.3. The van der Waals surface area contributed by atoms with Crippen LogP contribution in [0.4, 0.5) is 0 Å². The molecule has 1 saturated heterocycles. The minimum Gasteiger partial charge on any atom is -0.472 e. The zero-order valence-electron chi connectivity index (χ0n) is 14.5. The summed E-state index contributed by atoms with van der Waals surface area (Å²) in [5.41, 5.74) is 0.646. The number of rotatable bonds is 6. The number of likely N-dealkylation sites (tertiary alicyclic amines) is 1. The summed E-state index contributed by atoms with van der Waals surface area (Å²) in [5.74, 6) is 0.587. The Hall–Kier alpha value is -1.33. The SMILES string of the molecule is O=C(c1ccoc1)N1CCC(NCCCC2CCCCC2O)CC1. The van der Waals surface area contributed by atoms with E-state index < -0.39 is 0 Å². The highest BCUT2D eigenvalue weighted by molar-refractivity contribution is 5.93. The van der Waals surface area contributed by atoms with E-state index in [2.05, 4.69) is 5.32 Å².